The molecule has 4 nitrogen and oxygen atoms in total. The number of anilines is 1. The average Bonchev–Trinajstić information content (AvgIpc) is 3.27. The van der Waals surface area contributed by atoms with Crippen molar-refractivity contribution in [2.45, 2.75) is 25.9 Å². The second-order valence-corrected chi connectivity index (χ2v) is 6.52. The zero-order valence-electron chi connectivity index (χ0n) is 11.4. The Bertz CT molecular complexity index is 712. The lowest BCUT2D eigenvalue weighted by Crippen LogP contribution is -2.25. The number of nitrogens with zero attached hydrogens (tertiary/aromatic N) is 2. The van der Waals surface area contributed by atoms with Crippen LogP contribution in [0.15, 0.2) is 39.7 Å². The lowest BCUT2D eigenvalue weighted by Gasteiger charge is -2.10. The molecular formula is C15H15BrClN3O. The van der Waals surface area contributed by atoms with Crippen LogP contribution in [0.4, 0.5) is 5.69 Å². The van der Waals surface area contributed by atoms with Crippen LogP contribution in [0.3, 0.4) is 0 Å². The van der Waals surface area contributed by atoms with Crippen LogP contribution in [-0.4, -0.2) is 9.78 Å². The Hall–Kier alpha value is -1.33. The highest BCUT2D eigenvalue weighted by atomic mass is 79.9. The normalized spacial score (nSPS) is 14.2. The van der Waals surface area contributed by atoms with Crippen molar-refractivity contribution in [2.75, 3.05) is 5.32 Å². The summed E-state index contributed by atoms with van der Waals surface area (Å²) in [5.41, 5.74) is 1.67. The van der Waals surface area contributed by atoms with Crippen LogP contribution in [0.1, 0.15) is 18.4 Å². The van der Waals surface area contributed by atoms with Gasteiger partial charge in [0.1, 0.15) is 4.47 Å². The molecule has 0 saturated heterocycles. The molecule has 3 rings (SSSR count). The molecule has 1 aliphatic carbocycles. The molecular weight excluding hydrogens is 354 g/mol. The Kier molecular flexibility index (Phi) is 4.31. The highest BCUT2D eigenvalue weighted by Gasteiger charge is 2.23. The van der Waals surface area contributed by atoms with E-state index >= 15 is 0 Å². The largest absolute Gasteiger partial charge is 0.379 e. The first-order valence-electron chi connectivity index (χ1n) is 6.87. The van der Waals surface area contributed by atoms with Crippen LogP contribution in [0.5, 0.6) is 0 Å². The van der Waals surface area contributed by atoms with E-state index in [-0.39, 0.29) is 5.56 Å². The zero-order valence-corrected chi connectivity index (χ0v) is 13.7. The van der Waals surface area contributed by atoms with Crippen molar-refractivity contribution in [1.29, 1.82) is 0 Å². The monoisotopic (exact) mass is 367 g/mol. The summed E-state index contributed by atoms with van der Waals surface area (Å²) in [4.78, 5) is 12.2. The number of benzene rings is 1. The molecule has 6 heteroatoms. The number of hydrogen-bond donors (Lipinski definition) is 1. The van der Waals surface area contributed by atoms with E-state index in [4.69, 9.17) is 11.6 Å². The predicted molar refractivity (Wildman–Crippen MR) is 87.7 cm³/mol. The summed E-state index contributed by atoms with van der Waals surface area (Å²) in [6.07, 6.45) is 4.08. The fourth-order valence-corrected chi connectivity index (χ4v) is 2.77. The molecule has 1 saturated carbocycles. The van der Waals surface area contributed by atoms with Gasteiger partial charge >= 0.3 is 0 Å². The molecule has 1 fully saturated rings. The molecule has 1 aromatic carbocycles. The lowest BCUT2D eigenvalue weighted by molar-refractivity contribution is 0.532. The zero-order chi connectivity index (χ0) is 14.8. The van der Waals surface area contributed by atoms with Crippen LogP contribution in [0.25, 0.3) is 0 Å². The molecule has 1 N–H and O–H groups in total. The maximum absolute atomic E-state index is 12.2. The summed E-state index contributed by atoms with van der Waals surface area (Å²) < 4.78 is 2.06. The third-order valence-electron chi connectivity index (χ3n) is 3.48. The van der Waals surface area contributed by atoms with Crippen molar-refractivity contribution < 1.29 is 0 Å². The first-order chi connectivity index (χ1) is 10.1. The van der Waals surface area contributed by atoms with Crippen LogP contribution >= 0.6 is 27.5 Å². The van der Waals surface area contributed by atoms with Gasteiger partial charge in [0.2, 0.25) is 0 Å². The highest BCUT2D eigenvalue weighted by molar-refractivity contribution is 9.10. The average molecular weight is 369 g/mol. The molecule has 0 amide bonds. The van der Waals surface area contributed by atoms with Crippen LogP contribution in [-0.2, 0) is 13.1 Å². The summed E-state index contributed by atoms with van der Waals surface area (Å²) in [5.74, 6) is 0.618. The first kappa shape index (κ1) is 14.6. The van der Waals surface area contributed by atoms with Crippen molar-refractivity contribution in [3.63, 3.8) is 0 Å². The van der Waals surface area contributed by atoms with E-state index in [1.165, 1.54) is 17.5 Å². The molecule has 0 unspecified atom stereocenters. The minimum Gasteiger partial charge on any atom is -0.379 e. The molecule has 2 aromatic rings. The smallest absolute Gasteiger partial charge is 0.283 e. The Morgan fingerprint density at radius 2 is 2.24 bits per heavy atom. The van der Waals surface area contributed by atoms with Crippen LogP contribution < -0.4 is 10.9 Å². The molecule has 0 radical (unpaired) electrons. The van der Waals surface area contributed by atoms with E-state index in [1.54, 1.807) is 6.20 Å². The standard InChI is InChI=1S/C15H15BrClN3O/c16-14-13(18-7-11-2-1-3-12(17)6-11)8-19-20(15(14)21)9-10-4-5-10/h1-3,6,8,10,18H,4-5,7,9H2. The summed E-state index contributed by atoms with van der Waals surface area (Å²) in [5, 5.41) is 8.15. The Morgan fingerprint density at radius 1 is 1.43 bits per heavy atom. The minimum atomic E-state index is -0.0852. The van der Waals surface area contributed by atoms with Gasteiger partial charge in [0, 0.05) is 18.1 Å². The van der Waals surface area contributed by atoms with E-state index in [9.17, 15) is 4.79 Å². The summed E-state index contributed by atoms with van der Waals surface area (Å²) in [7, 11) is 0. The molecule has 1 aromatic heterocycles. The van der Waals surface area contributed by atoms with Gasteiger partial charge in [-0.25, -0.2) is 4.68 Å². The van der Waals surface area contributed by atoms with Gasteiger partial charge in [-0.15, -0.1) is 0 Å². The molecule has 1 aliphatic rings. The van der Waals surface area contributed by atoms with Gasteiger partial charge in [0.05, 0.1) is 11.9 Å². The second-order valence-electron chi connectivity index (χ2n) is 5.29. The third kappa shape index (κ3) is 3.66. The molecule has 0 atom stereocenters. The molecule has 0 spiro atoms. The number of hydrogen-bond acceptors (Lipinski definition) is 3. The lowest BCUT2D eigenvalue weighted by atomic mass is 10.2. The molecule has 1 heterocycles. The van der Waals surface area contributed by atoms with E-state index in [1.807, 2.05) is 24.3 Å². The summed E-state index contributed by atoms with van der Waals surface area (Å²) >= 11 is 9.32. The maximum atomic E-state index is 12.2. The molecule has 0 aliphatic heterocycles. The fourth-order valence-electron chi connectivity index (χ4n) is 2.11. The molecule has 21 heavy (non-hydrogen) atoms. The minimum absolute atomic E-state index is 0.0852. The predicted octanol–water partition coefficient (Wildman–Crippen LogP) is 3.68. The Morgan fingerprint density at radius 3 is 2.95 bits per heavy atom. The second kappa shape index (κ2) is 6.20. The van der Waals surface area contributed by atoms with Crippen molar-refractivity contribution in [3.05, 3.63) is 55.9 Å². The number of nitrogens with one attached hydrogen (secondary N) is 1. The molecule has 0 bridgehead atoms. The Balaban J connectivity index is 1.73. The van der Waals surface area contributed by atoms with Crippen molar-refractivity contribution in [2.24, 2.45) is 5.92 Å². The third-order valence-corrected chi connectivity index (χ3v) is 4.49. The number of halogens is 2. The van der Waals surface area contributed by atoms with Crippen LogP contribution in [0, 0.1) is 5.92 Å². The van der Waals surface area contributed by atoms with Crippen LogP contribution in [0.2, 0.25) is 5.02 Å². The van der Waals surface area contributed by atoms with Gasteiger partial charge in [-0.1, -0.05) is 23.7 Å². The SMILES string of the molecule is O=c1c(Br)c(NCc2cccc(Cl)c2)cnn1CC1CC1. The van der Waals surface area contributed by atoms with Crippen molar-refractivity contribution in [1.82, 2.24) is 9.78 Å². The molecule has 110 valence electrons. The van der Waals surface area contributed by atoms with Gasteiger partial charge in [0.15, 0.2) is 0 Å². The number of aromatic nitrogens is 2. The van der Waals surface area contributed by atoms with E-state index in [0.29, 0.717) is 34.2 Å². The maximum Gasteiger partial charge on any atom is 0.283 e. The van der Waals surface area contributed by atoms with E-state index in [0.717, 1.165) is 5.56 Å². The van der Waals surface area contributed by atoms with Gasteiger partial charge in [-0.3, -0.25) is 4.79 Å². The quantitative estimate of drug-likeness (QED) is 0.875. The topological polar surface area (TPSA) is 46.9 Å². The van der Waals surface area contributed by atoms with E-state index in [2.05, 4.69) is 26.3 Å². The fraction of sp³-hybridized carbons (Fsp3) is 0.333. The van der Waals surface area contributed by atoms with Gasteiger partial charge in [-0.05, 0) is 52.4 Å². The Labute approximate surface area is 136 Å². The summed E-state index contributed by atoms with van der Waals surface area (Å²) in [6.45, 7) is 1.30. The van der Waals surface area contributed by atoms with E-state index < -0.39 is 0 Å². The van der Waals surface area contributed by atoms with Gasteiger partial charge in [0.25, 0.3) is 5.56 Å². The summed E-state index contributed by atoms with van der Waals surface area (Å²) in [6, 6.07) is 7.61. The van der Waals surface area contributed by atoms with Gasteiger partial charge in [-0.2, -0.15) is 5.10 Å². The number of rotatable bonds is 5. The van der Waals surface area contributed by atoms with Crippen molar-refractivity contribution >= 4 is 33.2 Å². The highest BCUT2D eigenvalue weighted by Crippen LogP contribution is 2.30. The van der Waals surface area contributed by atoms with Crippen molar-refractivity contribution in [3.8, 4) is 0 Å². The van der Waals surface area contributed by atoms with Gasteiger partial charge < -0.3 is 5.32 Å². The first-order valence-corrected chi connectivity index (χ1v) is 8.04.